The SMILES string of the molecule is O=C1c2c(c3c4ccc(O)cc4n([C@@H]4O[C@H](CO)[C@@H](O)[C@H](O)[C@H]4O)c3c3[nH]c4cc(O)ccc4c23)C(=O)N1NCc1ccccn1. The third-order valence-corrected chi connectivity index (χ3v) is 8.86. The van der Waals surface area contributed by atoms with Gasteiger partial charge < -0.3 is 44.9 Å². The van der Waals surface area contributed by atoms with Gasteiger partial charge in [0.05, 0.1) is 52.0 Å². The number of phenols is 2. The zero-order valence-corrected chi connectivity index (χ0v) is 23.8. The number of fused-ring (bicyclic) bond motifs is 10. The van der Waals surface area contributed by atoms with Gasteiger partial charge in [-0.2, -0.15) is 0 Å². The molecule has 1 saturated heterocycles. The second-order valence-corrected chi connectivity index (χ2v) is 11.5. The first kappa shape index (κ1) is 28.4. The Kier molecular flexibility index (Phi) is 6.30. The van der Waals surface area contributed by atoms with Crippen LogP contribution in [0.2, 0.25) is 0 Å². The van der Waals surface area contributed by atoms with E-state index in [2.05, 4.69) is 15.4 Å². The van der Waals surface area contributed by atoms with Crippen LogP contribution in [-0.4, -0.2) is 93.0 Å². The topological polar surface area (TPSA) is 214 Å². The van der Waals surface area contributed by atoms with Crippen LogP contribution in [0.4, 0.5) is 0 Å². The van der Waals surface area contributed by atoms with Crippen molar-refractivity contribution in [2.24, 2.45) is 0 Å². The number of aliphatic hydroxyl groups excluding tert-OH is 4. The number of rotatable bonds is 5. The minimum Gasteiger partial charge on any atom is -0.508 e. The van der Waals surface area contributed by atoms with Crippen LogP contribution in [0, 0.1) is 0 Å². The minimum atomic E-state index is -1.72. The number of aromatic nitrogens is 3. The maximum atomic E-state index is 14.3. The largest absolute Gasteiger partial charge is 0.508 e. The molecule has 5 heterocycles. The number of aliphatic hydroxyl groups is 4. The van der Waals surface area contributed by atoms with Gasteiger partial charge in [0, 0.05) is 39.9 Å². The molecule has 8 N–H and O–H groups in total. The van der Waals surface area contributed by atoms with Gasteiger partial charge in [0.1, 0.15) is 35.9 Å². The van der Waals surface area contributed by atoms with Gasteiger partial charge >= 0.3 is 0 Å². The molecule has 0 unspecified atom stereocenters. The molecule has 14 nitrogen and oxygen atoms in total. The average Bonchev–Trinajstić information content (AvgIpc) is 3.66. The number of amides is 2. The molecule has 234 valence electrons. The van der Waals surface area contributed by atoms with Gasteiger partial charge in [0.25, 0.3) is 11.8 Å². The van der Waals surface area contributed by atoms with Gasteiger partial charge in [-0.15, -0.1) is 0 Å². The predicted molar refractivity (Wildman–Crippen MR) is 163 cm³/mol. The third kappa shape index (κ3) is 3.89. The summed E-state index contributed by atoms with van der Waals surface area (Å²) in [7, 11) is 0. The molecule has 2 aliphatic rings. The number of carbonyl (C=O) groups excluding carboxylic acids is 2. The van der Waals surface area contributed by atoms with Crippen molar-refractivity contribution in [2.75, 3.05) is 6.61 Å². The van der Waals surface area contributed by atoms with Crippen LogP contribution in [-0.2, 0) is 11.3 Å². The van der Waals surface area contributed by atoms with Crippen LogP contribution in [0.1, 0.15) is 32.6 Å². The number of phenolic OH excluding ortho intramolecular Hbond substituents is 2. The standard InChI is InChI=1S/C32H27N5O9/c38-12-20-27(41)28(42)29(43)32(46-20)36-19-10-15(40)5-7-17(19)22-24-23(21-16-6-4-14(39)9-18(16)35-25(21)26(22)36)30(44)37(31(24)45)34-11-13-3-1-2-8-33-13/h1-10,20,27-29,32,34-35,38-43H,11-12H2/t20-,27-,28+,29-,32-/m1/s1. The van der Waals surface area contributed by atoms with Crippen LogP contribution >= 0.6 is 0 Å². The van der Waals surface area contributed by atoms with Gasteiger partial charge in [-0.3, -0.25) is 14.6 Å². The quantitative estimate of drug-likeness (QED) is 0.129. The van der Waals surface area contributed by atoms with E-state index in [-0.39, 0.29) is 40.2 Å². The summed E-state index contributed by atoms with van der Waals surface area (Å²) in [6.45, 7) is -0.606. The summed E-state index contributed by atoms with van der Waals surface area (Å²) in [5.41, 5.74) is 4.98. The highest BCUT2D eigenvalue weighted by Crippen LogP contribution is 2.47. The maximum Gasteiger partial charge on any atom is 0.276 e. The zero-order chi connectivity index (χ0) is 32.0. The van der Waals surface area contributed by atoms with Crippen LogP contribution in [0.5, 0.6) is 11.5 Å². The monoisotopic (exact) mass is 625 g/mol. The van der Waals surface area contributed by atoms with E-state index in [0.29, 0.717) is 38.3 Å². The molecule has 0 bridgehead atoms. The summed E-state index contributed by atoms with van der Waals surface area (Å²) in [4.78, 5) is 36.0. The lowest BCUT2D eigenvalue weighted by Gasteiger charge is -2.41. The number of imide groups is 1. The second-order valence-electron chi connectivity index (χ2n) is 11.5. The number of H-pyrrole nitrogens is 1. The lowest BCUT2D eigenvalue weighted by molar-refractivity contribution is -0.249. The van der Waals surface area contributed by atoms with E-state index < -0.39 is 49.1 Å². The van der Waals surface area contributed by atoms with Crippen molar-refractivity contribution in [1.82, 2.24) is 25.0 Å². The molecular weight excluding hydrogens is 598 g/mol. The van der Waals surface area contributed by atoms with Gasteiger partial charge in [-0.1, -0.05) is 6.07 Å². The third-order valence-electron chi connectivity index (χ3n) is 8.86. The molecular formula is C32H27N5O9. The van der Waals surface area contributed by atoms with Gasteiger partial charge in [0.2, 0.25) is 0 Å². The first-order chi connectivity index (χ1) is 22.2. The van der Waals surface area contributed by atoms with Crippen LogP contribution in [0.15, 0.2) is 60.8 Å². The molecule has 14 heteroatoms. The highest BCUT2D eigenvalue weighted by molar-refractivity contribution is 6.39. The van der Waals surface area contributed by atoms with Gasteiger partial charge in [-0.25, -0.2) is 10.4 Å². The van der Waals surface area contributed by atoms with Gasteiger partial charge in [-0.05, 0) is 36.4 Å². The number of benzene rings is 3. The van der Waals surface area contributed by atoms with E-state index in [1.165, 1.54) is 28.8 Å². The van der Waals surface area contributed by atoms with Crippen molar-refractivity contribution in [3.05, 3.63) is 77.6 Å². The summed E-state index contributed by atoms with van der Waals surface area (Å²) in [5.74, 6) is -1.48. The number of nitrogens with zero attached hydrogens (tertiary/aromatic N) is 3. The summed E-state index contributed by atoms with van der Waals surface area (Å²) in [6.07, 6.45) is -6.16. The molecule has 1 fully saturated rings. The van der Waals surface area contributed by atoms with Crippen LogP contribution < -0.4 is 5.43 Å². The lowest BCUT2D eigenvalue weighted by Crippen LogP contribution is -2.56. The Balaban J connectivity index is 1.47. The molecule has 2 amide bonds. The number of aromatic amines is 1. The fourth-order valence-electron chi connectivity index (χ4n) is 6.78. The normalized spacial score (nSPS) is 23.4. The number of carbonyl (C=O) groups is 2. The van der Waals surface area contributed by atoms with Crippen molar-refractivity contribution in [3.63, 3.8) is 0 Å². The maximum absolute atomic E-state index is 14.3. The highest BCUT2D eigenvalue weighted by Gasteiger charge is 2.47. The highest BCUT2D eigenvalue weighted by atomic mass is 16.6. The van der Waals surface area contributed by atoms with Crippen molar-refractivity contribution in [1.29, 1.82) is 0 Å². The first-order valence-electron chi connectivity index (χ1n) is 14.5. The number of pyridine rings is 1. The Hall–Kier alpha value is -5.09. The molecule has 3 aromatic carbocycles. The number of hydrazine groups is 1. The lowest BCUT2D eigenvalue weighted by atomic mass is 9.96. The van der Waals surface area contributed by atoms with Crippen LogP contribution in [0.25, 0.3) is 43.6 Å². The van der Waals surface area contributed by atoms with E-state index in [9.17, 15) is 40.2 Å². The van der Waals surface area contributed by atoms with E-state index in [0.717, 1.165) is 5.01 Å². The number of aromatic hydroxyl groups is 2. The summed E-state index contributed by atoms with van der Waals surface area (Å²) < 4.78 is 7.46. The number of hydrogen-bond donors (Lipinski definition) is 8. The van der Waals surface area contributed by atoms with Gasteiger partial charge in [0.15, 0.2) is 6.23 Å². The molecule has 5 atom stereocenters. The molecule has 3 aromatic heterocycles. The van der Waals surface area contributed by atoms with Crippen molar-refractivity contribution in [2.45, 2.75) is 37.2 Å². The molecule has 0 spiro atoms. The molecule has 2 aliphatic heterocycles. The smallest absolute Gasteiger partial charge is 0.276 e. The minimum absolute atomic E-state index is 0.0487. The summed E-state index contributed by atoms with van der Waals surface area (Å²) >= 11 is 0. The van der Waals surface area contributed by atoms with Crippen molar-refractivity contribution in [3.8, 4) is 11.5 Å². The first-order valence-corrected chi connectivity index (χ1v) is 14.5. The fourth-order valence-corrected chi connectivity index (χ4v) is 6.78. The van der Waals surface area contributed by atoms with E-state index >= 15 is 0 Å². The van der Waals surface area contributed by atoms with E-state index in [1.807, 2.05) is 0 Å². The molecule has 0 aliphatic carbocycles. The molecule has 0 radical (unpaired) electrons. The Bertz CT molecular complexity index is 2230. The Labute approximate surface area is 258 Å². The summed E-state index contributed by atoms with van der Waals surface area (Å²) in [5, 5.41) is 65.8. The number of nitrogens with one attached hydrogen (secondary N) is 2. The second kappa shape index (κ2) is 10.2. The Morgan fingerprint density at radius 2 is 1.59 bits per heavy atom. The Morgan fingerprint density at radius 3 is 2.30 bits per heavy atom. The van der Waals surface area contributed by atoms with Crippen molar-refractivity contribution >= 4 is 55.4 Å². The average molecular weight is 626 g/mol. The van der Waals surface area contributed by atoms with Crippen LogP contribution in [0.3, 0.4) is 0 Å². The molecule has 6 aromatic rings. The van der Waals surface area contributed by atoms with E-state index in [1.54, 1.807) is 36.5 Å². The Morgan fingerprint density at radius 1 is 0.870 bits per heavy atom. The van der Waals surface area contributed by atoms with Crippen molar-refractivity contribution < 1.29 is 45.0 Å². The molecule has 8 rings (SSSR count). The number of hydrogen-bond acceptors (Lipinski definition) is 11. The predicted octanol–water partition coefficient (Wildman–Crippen LogP) is 1.51. The van der Waals surface area contributed by atoms with E-state index in [4.69, 9.17) is 4.74 Å². The zero-order valence-electron chi connectivity index (χ0n) is 23.8. The molecule has 46 heavy (non-hydrogen) atoms. The number of ether oxygens (including phenoxy) is 1. The fraction of sp³-hybridized carbons (Fsp3) is 0.219. The summed E-state index contributed by atoms with van der Waals surface area (Å²) in [6, 6.07) is 14.2. The molecule has 0 saturated carbocycles.